The zero-order valence-corrected chi connectivity index (χ0v) is 16.6. The van der Waals surface area contributed by atoms with Crippen LogP contribution in [0.4, 0.5) is 0 Å². The van der Waals surface area contributed by atoms with Gasteiger partial charge in [-0.3, -0.25) is 9.48 Å². The highest BCUT2D eigenvalue weighted by Crippen LogP contribution is 2.27. The highest BCUT2D eigenvalue weighted by Gasteiger charge is 2.11. The highest BCUT2D eigenvalue weighted by atomic mass is 79.9. The second-order valence-corrected chi connectivity index (χ2v) is 6.97. The monoisotopic (exact) mass is 437 g/mol. The van der Waals surface area contributed by atoms with Crippen molar-refractivity contribution in [2.45, 2.75) is 20.2 Å². The first-order chi connectivity index (χ1) is 12.4. The molecule has 0 saturated heterocycles. The number of hydrogen-bond donors (Lipinski definition) is 1. The maximum absolute atomic E-state index is 12.2. The van der Waals surface area contributed by atoms with E-state index in [2.05, 4.69) is 31.4 Å². The molecule has 0 spiro atoms. The van der Waals surface area contributed by atoms with Crippen molar-refractivity contribution >= 4 is 33.4 Å². The molecule has 0 aliphatic carbocycles. The number of hydrogen-bond acceptors (Lipinski definition) is 4. The van der Waals surface area contributed by atoms with Crippen LogP contribution in [0.5, 0.6) is 5.75 Å². The van der Waals surface area contributed by atoms with Crippen molar-refractivity contribution in [1.82, 2.24) is 24.9 Å². The Labute approximate surface area is 164 Å². The predicted molar refractivity (Wildman–Crippen MR) is 101 cm³/mol. The van der Waals surface area contributed by atoms with E-state index in [-0.39, 0.29) is 12.6 Å². The van der Waals surface area contributed by atoms with Gasteiger partial charge in [-0.2, -0.15) is 10.2 Å². The first-order valence-corrected chi connectivity index (χ1v) is 8.98. The molecule has 0 unspecified atom stereocenters. The van der Waals surface area contributed by atoms with E-state index in [4.69, 9.17) is 16.3 Å². The molecule has 2 heterocycles. The van der Waals surface area contributed by atoms with Gasteiger partial charge in [0.15, 0.2) is 6.73 Å². The number of ether oxygens (including phenoxy) is 1. The van der Waals surface area contributed by atoms with Crippen molar-refractivity contribution in [3.8, 4) is 5.75 Å². The smallest absolute Gasteiger partial charge is 0.272 e. The van der Waals surface area contributed by atoms with E-state index in [1.165, 1.54) is 4.68 Å². The summed E-state index contributed by atoms with van der Waals surface area (Å²) >= 11 is 9.45. The SMILES string of the molecule is Cc1c(CNC(=O)c2ccn(COc3ccc(Br)cc3Cl)n2)cnn1C. The molecule has 2 aromatic heterocycles. The highest BCUT2D eigenvalue weighted by molar-refractivity contribution is 9.10. The van der Waals surface area contributed by atoms with Crippen LogP contribution < -0.4 is 10.1 Å². The van der Waals surface area contributed by atoms with Crippen LogP contribution in [0.25, 0.3) is 0 Å². The summed E-state index contributed by atoms with van der Waals surface area (Å²) in [6.07, 6.45) is 3.42. The normalized spacial score (nSPS) is 10.8. The summed E-state index contributed by atoms with van der Waals surface area (Å²) in [5.41, 5.74) is 2.29. The molecule has 0 radical (unpaired) electrons. The van der Waals surface area contributed by atoms with Gasteiger partial charge in [0, 0.05) is 35.5 Å². The van der Waals surface area contributed by atoms with Crippen molar-refractivity contribution in [1.29, 1.82) is 0 Å². The Hall–Kier alpha value is -2.32. The molecule has 3 rings (SSSR count). The average molecular weight is 439 g/mol. The van der Waals surface area contributed by atoms with E-state index in [0.29, 0.717) is 23.0 Å². The Morgan fingerprint density at radius 1 is 1.38 bits per heavy atom. The third kappa shape index (κ3) is 4.25. The van der Waals surface area contributed by atoms with E-state index in [1.807, 2.05) is 20.0 Å². The van der Waals surface area contributed by atoms with Crippen molar-refractivity contribution in [3.63, 3.8) is 0 Å². The number of nitrogens with one attached hydrogen (secondary N) is 1. The molecule has 0 atom stereocenters. The van der Waals surface area contributed by atoms with Gasteiger partial charge in [0.25, 0.3) is 5.91 Å². The maximum atomic E-state index is 12.2. The lowest BCUT2D eigenvalue weighted by atomic mass is 10.2. The summed E-state index contributed by atoms with van der Waals surface area (Å²) in [6, 6.07) is 6.99. The first-order valence-electron chi connectivity index (χ1n) is 7.81. The largest absolute Gasteiger partial charge is 0.470 e. The molecular weight excluding hydrogens is 422 g/mol. The Balaban J connectivity index is 1.56. The van der Waals surface area contributed by atoms with E-state index in [9.17, 15) is 4.79 Å². The fourth-order valence-corrected chi connectivity index (χ4v) is 2.99. The van der Waals surface area contributed by atoms with E-state index in [0.717, 1.165) is 15.7 Å². The summed E-state index contributed by atoms with van der Waals surface area (Å²) in [6.45, 7) is 2.50. The lowest BCUT2D eigenvalue weighted by Crippen LogP contribution is -2.24. The molecule has 7 nitrogen and oxygen atoms in total. The van der Waals surface area contributed by atoms with E-state index >= 15 is 0 Å². The molecule has 1 N–H and O–H groups in total. The van der Waals surface area contributed by atoms with Gasteiger partial charge in [0.05, 0.1) is 11.2 Å². The van der Waals surface area contributed by atoms with Crippen LogP contribution in [-0.2, 0) is 20.3 Å². The molecule has 0 bridgehead atoms. The fraction of sp³-hybridized carbons (Fsp3) is 0.235. The fourth-order valence-electron chi connectivity index (χ4n) is 2.27. The molecule has 136 valence electrons. The second kappa shape index (κ2) is 7.92. The zero-order valence-electron chi connectivity index (χ0n) is 14.2. The number of halogens is 2. The average Bonchev–Trinajstić information content (AvgIpc) is 3.20. The lowest BCUT2D eigenvalue weighted by Gasteiger charge is -2.08. The molecule has 0 aliphatic heterocycles. The topological polar surface area (TPSA) is 74.0 Å². The maximum Gasteiger partial charge on any atom is 0.272 e. The Kier molecular flexibility index (Phi) is 5.63. The first kappa shape index (κ1) is 18.5. The molecule has 1 aromatic carbocycles. The number of rotatable bonds is 6. The number of carbonyl (C=O) groups excluding carboxylic acids is 1. The number of aromatic nitrogens is 4. The molecule has 0 aliphatic rings. The van der Waals surface area contributed by atoms with Crippen LogP contribution in [0, 0.1) is 6.92 Å². The summed E-state index contributed by atoms with van der Waals surface area (Å²) < 4.78 is 9.79. The van der Waals surface area contributed by atoms with Crippen LogP contribution in [0.3, 0.4) is 0 Å². The van der Waals surface area contributed by atoms with E-state index < -0.39 is 0 Å². The molecular formula is C17H17BrClN5O2. The minimum Gasteiger partial charge on any atom is -0.470 e. The quantitative estimate of drug-likeness (QED) is 0.641. The standard InChI is InChI=1S/C17H17BrClN5O2/c1-11-12(9-21-23(11)2)8-20-17(25)15-5-6-24(22-15)10-26-16-4-3-13(18)7-14(16)19/h3-7,9H,8,10H2,1-2H3,(H,20,25). The summed E-state index contributed by atoms with van der Waals surface area (Å²) in [4.78, 5) is 12.2. The third-order valence-electron chi connectivity index (χ3n) is 3.90. The number of amides is 1. The van der Waals surface area contributed by atoms with Gasteiger partial charge < -0.3 is 10.1 Å². The van der Waals surface area contributed by atoms with Crippen LogP contribution in [-0.4, -0.2) is 25.5 Å². The van der Waals surface area contributed by atoms with Crippen molar-refractivity contribution < 1.29 is 9.53 Å². The Bertz CT molecular complexity index is 937. The zero-order chi connectivity index (χ0) is 18.7. The number of carbonyl (C=O) groups is 1. The van der Waals surface area contributed by atoms with Gasteiger partial charge in [-0.15, -0.1) is 0 Å². The van der Waals surface area contributed by atoms with Crippen molar-refractivity contribution in [3.05, 3.63) is 63.1 Å². The Morgan fingerprint density at radius 3 is 2.88 bits per heavy atom. The summed E-state index contributed by atoms with van der Waals surface area (Å²) in [5, 5.41) is 11.7. The molecule has 9 heteroatoms. The Morgan fingerprint density at radius 2 is 2.19 bits per heavy atom. The molecule has 0 saturated carbocycles. The van der Waals surface area contributed by atoms with Crippen LogP contribution in [0.1, 0.15) is 21.7 Å². The van der Waals surface area contributed by atoms with Crippen LogP contribution in [0.15, 0.2) is 41.1 Å². The van der Waals surface area contributed by atoms with Gasteiger partial charge in [-0.05, 0) is 31.2 Å². The van der Waals surface area contributed by atoms with Gasteiger partial charge in [-0.1, -0.05) is 27.5 Å². The third-order valence-corrected chi connectivity index (χ3v) is 4.68. The number of aryl methyl sites for hydroxylation is 1. The number of nitrogens with zero attached hydrogens (tertiary/aromatic N) is 4. The molecule has 0 fully saturated rings. The summed E-state index contributed by atoms with van der Waals surface area (Å²) in [7, 11) is 1.86. The minimum absolute atomic E-state index is 0.149. The molecule has 1 amide bonds. The molecule has 3 aromatic rings. The number of benzene rings is 1. The van der Waals surface area contributed by atoms with Crippen LogP contribution >= 0.6 is 27.5 Å². The van der Waals surface area contributed by atoms with Crippen LogP contribution in [0.2, 0.25) is 5.02 Å². The predicted octanol–water partition coefficient (Wildman–Crippen LogP) is 3.31. The van der Waals surface area contributed by atoms with Crippen molar-refractivity contribution in [2.75, 3.05) is 0 Å². The molecule has 26 heavy (non-hydrogen) atoms. The van der Waals surface area contributed by atoms with Gasteiger partial charge in [-0.25, -0.2) is 4.68 Å². The second-order valence-electron chi connectivity index (χ2n) is 5.65. The summed E-state index contributed by atoms with van der Waals surface area (Å²) in [5.74, 6) is 0.289. The van der Waals surface area contributed by atoms with E-state index in [1.54, 1.807) is 35.3 Å². The van der Waals surface area contributed by atoms with Gasteiger partial charge >= 0.3 is 0 Å². The minimum atomic E-state index is -0.256. The lowest BCUT2D eigenvalue weighted by molar-refractivity contribution is 0.0944. The van der Waals surface area contributed by atoms with Gasteiger partial charge in [0.1, 0.15) is 11.4 Å². The van der Waals surface area contributed by atoms with Gasteiger partial charge in [0.2, 0.25) is 0 Å². The van der Waals surface area contributed by atoms with Crippen molar-refractivity contribution in [2.24, 2.45) is 7.05 Å².